The molecule has 1 heteroatoms. The number of benzene rings is 7. The van der Waals surface area contributed by atoms with Crippen LogP contribution in [-0.2, 0) is 16.2 Å². The number of anilines is 3. The van der Waals surface area contributed by atoms with Crippen LogP contribution in [0.2, 0.25) is 0 Å². The van der Waals surface area contributed by atoms with Crippen molar-refractivity contribution in [2.75, 3.05) is 4.90 Å². The molecule has 0 N–H and O–H groups in total. The fourth-order valence-electron chi connectivity index (χ4n) is 8.85. The largest absolute Gasteiger partial charge is 0.310 e. The molecule has 0 saturated carbocycles. The van der Waals surface area contributed by atoms with E-state index in [1.165, 1.54) is 71.7 Å². The van der Waals surface area contributed by atoms with Crippen LogP contribution in [0.15, 0.2) is 140 Å². The Morgan fingerprint density at radius 2 is 0.958 bits per heavy atom. The van der Waals surface area contributed by atoms with Crippen molar-refractivity contribution in [2.45, 2.75) is 57.8 Å². The van der Waals surface area contributed by atoms with Crippen LogP contribution < -0.4 is 4.90 Å². The van der Waals surface area contributed by atoms with E-state index in [4.69, 9.17) is 0 Å². The highest BCUT2D eigenvalue weighted by molar-refractivity contribution is 6.14. The van der Waals surface area contributed by atoms with Crippen LogP contribution in [0.5, 0.6) is 0 Å². The molecule has 0 fully saturated rings. The summed E-state index contributed by atoms with van der Waals surface area (Å²) in [7, 11) is 0. The van der Waals surface area contributed by atoms with Gasteiger partial charge in [-0.25, -0.2) is 0 Å². The van der Waals surface area contributed by atoms with Crippen molar-refractivity contribution in [3.8, 4) is 22.3 Å². The van der Waals surface area contributed by atoms with Crippen LogP contribution in [-0.4, -0.2) is 0 Å². The Hall–Kier alpha value is -5.14. The van der Waals surface area contributed by atoms with Gasteiger partial charge in [-0.3, -0.25) is 0 Å². The van der Waals surface area contributed by atoms with Gasteiger partial charge in [-0.2, -0.15) is 0 Å². The number of nitrogens with zero attached hydrogens (tertiary/aromatic N) is 1. The predicted octanol–water partition coefficient (Wildman–Crippen LogP) is 13.0. The summed E-state index contributed by atoms with van der Waals surface area (Å²) in [6, 6.07) is 52.3. The lowest BCUT2D eigenvalue weighted by atomic mass is 9.55. The Bertz CT molecular complexity index is 2430. The molecule has 0 heterocycles. The zero-order valence-corrected chi connectivity index (χ0v) is 28.7. The molecule has 2 aliphatic carbocycles. The Balaban J connectivity index is 1.27. The zero-order valence-electron chi connectivity index (χ0n) is 28.7. The summed E-state index contributed by atoms with van der Waals surface area (Å²) in [6.45, 7) is 14.4. The van der Waals surface area contributed by atoms with E-state index in [0.29, 0.717) is 0 Å². The Morgan fingerprint density at radius 3 is 1.75 bits per heavy atom. The van der Waals surface area contributed by atoms with Gasteiger partial charge in [-0.05, 0) is 113 Å². The molecular formula is C47H41N. The van der Waals surface area contributed by atoms with E-state index in [1.807, 2.05) is 0 Å². The molecule has 1 nitrogen and oxygen atoms in total. The van der Waals surface area contributed by atoms with Crippen molar-refractivity contribution < 1.29 is 0 Å². The lowest BCUT2D eigenvalue weighted by Crippen LogP contribution is -2.43. The number of fused-ring (bicyclic) bond motifs is 10. The molecule has 9 rings (SSSR count). The highest BCUT2D eigenvalue weighted by Crippen LogP contribution is 2.56. The van der Waals surface area contributed by atoms with E-state index in [0.717, 1.165) is 11.4 Å². The molecule has 7 aromatic carbocycles. The van der Waals surface area contributed by atoms with Crippen molar-refractivity contribution in [1.29, 1.82) is 0 Å². The maximum Gasteiger partial charge on any atom is 0.0468 e. The average molecular weight is 620 g/mol. The summed E-state index contributed by atoms with van der Waals surface area (Å²) in [4.78, 5) is 2.43. The third-order valence-electron chi connectivity index (χ3n) is 12.2. The lowest BCUT2D eigenvalue weighted by molar-refractivity contribution is 0.299. The third-order valence-corrected chi connectivity index (χ3v) is 12.2. The average Bonchev–Trinajstić information content (AvgIpc) is 3.33. The maximum atomic E-state index is 2.43. The van der Waals surface area contributed by atoms with Gasteiger partial charge in [0.15, 0.2) is 0 Å². The second kappa shape index (κ2) is 9.94. The van der Waals surface area contributed by atoms with Crippen molar-refractivity contribution in [2.24, 2.45) is 0 Å². The number of hydrogen-bond acceptors (Lipinski definition) is 1. The predicted molar refractivity (Wildman–Crippen MR) is 205 cm³/mol. The molecule has 48 heavy (non-hydrogen) atoms. The Kier molecular flexibility index (Phi) is 6.01. The van der Waals surface area contributed by atoms with Crippen LogP contribution in [0.4, 0.5) is 17.1 Å². The minimum atomic E-state index is -0.0678. The van der Waals surface area contributed by atoms with Crippen molar-refractivity contribution >= 4 is 38.6 Å². The summed E-state index contributed by atoms with van der Waals surface area (Å²) < 4.78 is 0. The number of rotatable bonds is 3. The molecule has 0 amide bonds. The van der Waals surface area contributed by atoms with E-state index in [-0.39, 0.29) is 16.2 Å². The van der Waals surface area contributed by atoms with Crippen LogP contribution in [0.3, 0.4) is 0 Å². The molecule has 0 unspecified atom stereocenters. The van der Waals surface area contributed by atoms with E-state index in [9.17, 15) is 0 Å². The fraction of sp³-hybridized carbons (Fsp3) is 0.191. The summed E-state index contributed by atoms with van der Waals surface area (Å²) in [5.41, 5.74) is 14.5. The molecule has 234 valence electrons. The first-order chi connectivity index (χ1) is 23.1. The Morgan fingerprint density at radius 1 is 0.375 bits per heavy atom. The Labute approximate surface area is 284 Å². The smallest absolute Gasteiger partial charge is 0.0468 e. The first-order valence-corrected chi connectivity index (χ1v) is 17.3. The number of hydrogen-bond donors (Lipinski definition) is 0. The number of para-hydroxylation sites is 1. The van der Waals surface area contributed by atoms with Gasteiger partial charge in [0.1, 0.15) is 0 Å². The maximum absolute atomic E-state index is 2.43. The summed E-state index contributed by atoms with van der Waals surface area (Å²) in [5, 5.41) is 5.17. The minimum Gasteiger partial charge on any atom is -0.310 e. The molecular weight excluding hydrogens is 579 g/mol. The highest BCUT2D eigenvalue weighted by Gasteiger charge is 2.46. The van der Waals surface area contributed by atoms with Crippen LogP contribution in [0.25, 0.3) is 43.8 Å². The van der Waals surface area contributed by atoms with E-state index in [2.05, 4.69) is 186 Å². The fourth-order valence-corrected chi connectivity index (χ4v) is 8.85. The van der Waals surface area contributed by atoms with Crippen molar-refractivity contribution in [3.05, 3.63) is 162 Å². The monoisotopic (exact) mass is 619 g/mol. The molecule has 0 bridgehead atoms. The van der Waals surface area contributed by atoms with Crippen molar-refractivity contribution in [1.82, 2.24) is 0 Å². The third kappa shape index (κ3) is 3.85. The highest BCUT2D eigenvalue weighted by atomic mass is 15.1. The van der Waals surface area contributed by atoms with Gasteiger partial charge in [0.2, 0.25) is 0 Å². The summed E-state index contributed by atoms with van der Waals surface area (Å²) in [6.07, 6.45) is 0. The minimum absolute atomic E-state index is 0.0102. The van der Waals surface area contributed by atoms with Gasteiger partial charge < -0.3 is 4.90 Å². The second-order valence-corrected chi connectivity index (χ2v) is 15.4. The van der Waals surface area contributed by atoms with Crippen molar-refractivity contribution in [3.63, 3.8) is 0 Å². The SMILES string of the molecule is CC1(C)c2ccccc2-c2ccc(N(c3ccccc3)c3ccc4ccc5c6c(ccc5c4c3)C(C)(C)C(C)(C)c3ccccc3-6)cc21. The van der Waals surface area contributed by atoms with Crippen LogP contribution >= 0.6 is 0 Å². The van der Waals surface area contributed by atoms with Crippen LogP contribution in [0, 0.1) is 0 Å². The molecule has 7 aromatic rings. The second-order valence-electron chi connectivity index (χ2n) is 15.4. The van der Waals surface area contributed by atoms with E-state index < -0.39 is 0 Å². The molecule has 0 saturated heterocycles. The molecule has 0 aliphatic heterocycles. The first kappa shape index (κ1) is 29.0. The lowest BCUT2D eigenvalue weighted by Gasteiger charge is -2.48. The molecule has 2 aliphatic rings. The van der Waals surface area contributed by atoms with E-state index >= 15 is 0 Å². The molecule has 0 radical (unpaired) electrons. The quantitative estimate of drug-likeness (QED) is 0.178. The van der Waals surface area contributed by atoms with Gasteiger partial charge >= 0.3 is 0 Å². The van der Waals surface area contributed by atoms with E-state index in [1.54, 1.807) is 0 Å². The van der Waals surface area contributed by atoms with Crippen LogP contribution in [0.1, 0.15) is 63.8 Å². The van der Waals surface area contributed by atoms with Gasteiger partial charge in [0.05, 0.1) is 0 Å². The molecule has 0 atom stereocenters. The molecule has 0 spiro atoms. The standard InChI is InChI=1S/C47H41N/c1-45(2)40-18-12-10-16-35(40)36-25-23-33(29-43(36)45)48(31-14-8-7-9-15-31)32-22-20-30-21-24-37-34(39(30)28-32)26-27-42-44(37)38-17-11-13-19-41(38)46(3,4)47(42,5)6/h7-29H,1-6H3. The first-order valence-electron chi connectivity index (χ1n) is 17.3. The molecule has 0 aromatic heterocycles. The zero-order chi connectivity index (χ0) is 33.0. The van der Waals surface area contributed by atoms with Gasteiger partial charge in [-0.1, -0.05) is 145 Å². The van der Waals surface area contributed by atoms with Gasteiger partial charge in [-0.15, -0.1) is 0 Å². The normalized spacial score (nSPS) is 16.2. The summed E-state index contributed by atoms with van der Waals surface area (Å²) in [5.74, 6) is 0. The van der Waals surface area contributed by atoms with Gasteiger partial charge in [0, 0.05) is 22.5 Å². The summed E-state index contributed by atoms with van der Waals surface area (Å²) >= 11 is 0. The topological polar surface area (TPSA) is 3.24 Å². The van der Waals surface area contributed by atoms with Gasteiger partial charge in [0.25, 0.3) is 0 Å².